The SMILES string of the molecule is Cc1ccc2ccccc2c1/C=C\C(C)(C)C. The molecule has 0 amide bonds. The Balaban J connectivity index is 2.59. The normalized spacial score (nSPS) is 12.5. The topological polar surface area (TPSA) is 0 Å². The molecule has 0 heteroatoms. The molecule has 2 aromatic rings. The van der Waals surface area contributed by atoms with Crippen molar-refractivity contribution in [3.8, 4) is 0 Å². The van der Waals surface area contributed by atoms with E-state index in [0.29, 0.717) is 0 Å². The van der Waals surface area contributed by atoms with Gasteiger partial charge in [-0.15, -0.1) is 0 Å². The molecule has 2 aromatic carbocycles. The van der Waals surface area contributed by atoms with Gasteiger partial charge in [-0.1, -0.05) is 69.3 Å². The summed E-state index contributed by atoms with van der Waals surface area (Å²) in [4.78, 5) is 0. The molecule has 0 radical (unpaired) electrons. The van der Waals surface area contributed by atoms with Crippen LogP contribution in [0.5, 0.6) is 0 Å². The van der Waals surface area contributed by atoms with Gasteiger partial charge in [0.15, 0.2) is 0 Å². The van der Waals surface area contributed by atoms with Crippen molar-refractivity contribution in [1.29, 1.82) is 0 Å². The minimum Gasteiger partial charge on any atom is -0.0785 e. The maximum Gasteiger partial charge on any atom is -0.0109 e. The molecule has 0 nitrogen and oxygen atoms in total. The van der Waals surface area contributed by atoms with Crippen LogP contribution in [0, 0.1) is 12.3 Å². The quantitative estimate of drug-likeness (QED) is 0.624. The van der Waals surface area contributed by atoms with Crippen LogP contribution in [-0.2, 0) is 0 Å². The number of aryl methyl sites for hydroxylation is 1. The van der Waals surface area contributed by atoms with E-state index >= 15 is 0 Å². The van der Waals surface area contributed by atoms with E-state index in [1.165, 1.54) is 21.9 Å². The van der Waals surface area contributed by atoms with Crippen molar-refractivity contribution in [2.24, 2.45) is 5.41 Å². The van der Waals surface area contributed by atoms with E-state index in [2.05, 4.69) is 76.2 Å². The van der Waals surface area contributed by atoms with E-state index in [0.717, 1.165) is 0 Å². The monoisotopic (exact) mass is 224 g/mol. The molecule has 0 unspecified atom stereocenters. The van der Waals surface area contributed by atoms with Crippen LogP contribution >= 0.6 is 0 Å². The van der Waals surface area contributed by atoms with E-state index in [1.54, 1.807) is 0 Å². The fourth-order valence-electron chi connectivity index (χ4n) is 1.96. The van der Waals surface area contributed by atoms with Gasteiger partial charge in [0, 0.05) is 0 Å². The zero-order chi connectivity index (χ0) is 12.5. The van der Waals surface area contributed by atoms with E-state index < -0.39 is 0 Å². The number of rotatable bonds is 1. The molecule has 2 rings (SSSR count). The van der Waals surface area contributed by atoms with E-state index in [9.17, 15) is 0 Å². The van der Waals surface area contributed by atoms with Crippen LogP contribution < -0.4 is 0 Å². The first-order valence-corrected chi connectivity index (χ1v) is 6.15. The van der Waals surface area contributed by atoms with E-state index in [1.807, 2.05) is 0 Å². The Morgan fingerprint density at radius 1 is 0.941 bits per heavy atom. The van der Waals surface area contributed by atoms with E-state index in [4.69, 9.17) is 0 Å². The van der Waals surface area contributed by atoms with Crippen LogP contribution in [0.4, 0.5) is 0 Å². The highest BCUT2D eigenvalue weighted by atomic mass is 14.1. The van der Waals surface area contributed by atoms with Crippen molar-refractivity contribution >= 4 is 16.8 Å². The Bertz CT molecular complexity index is 554. The summed E-state index contributed by atoms with van der Waals surface area (Å²) < 4.78 is 0. The smallest absolute Gasteiger partial charge is 0.0109 e. The standard InChI is InChI=1S/C17H20/c1-13-9-10-14-7-5-6-8-16(14)15(13)11-12-17(2,3)4/h5-12H,1-4H3/b12-11-. The van der Waals surface area contributed by atoms with Crippen LogP contribution in [-0.4, -0.2) is 0 Å². The number of allylic oxidation sites excluding steroid dienone is 1. The first-order valence-electron chi connectivity index (χ1n) is 6.15. The van der Waals surface area contributed by atoms with Gasteiger partial charge >= 0.3 is 0 Å². The Labute approximate surface area is 104 Å². The maximum absolute atomic E-state index is 2.28. The second kappa shape index (κ2) is 4.37. The van der Waals surface area contributed by atoms with Crippen LogP contribution in [0.2, 0.25) is 0 Å². The van der Waals surface area contributed by atoms with Crippen LogP contribution in [0.25, 0.3) is 16.8 Å². The molecule has 0 fully saturated rings. The van der Waals surface area contributed by atoms with Gasteiger partial charge in [-0.05, 0) is 34.2 Å². The molecule has 0 saturated heterocycles. The van der Waals surface area contributed by atoms with Gasteiger partial charge in [0.1, 0.15) is 0 Å². The number of hydrogen-bond acceptors (Lipinski definition) is 0. The second-order valence-corrected chi connectivity index (χ2v) is 5.72. The molecule has 88 valence electrons. The summed E-state index contributed by atoms with van der Waals surface area (Å²) in [7, 11) is 0. The lowest BCUT2D eigenvalue weighted by atomic mass is 9.93. The molecule has 0 aliphatic rings. The first-order chi connectivity index (χ1) is 7.97. The lowest BCUT2D eigenvalue weighted by molar-refractivity contribution is 0.547. The zero-order valence-corrected chi connectivity index (χ0v) is 11.1. The first kappa shape index (κ1) is 11.9. The summed E-state index contributed by atoms with van der Waals surface area (Å²) in [5.74, 6) is 0. The Morgan fingerprint density at radius 3 is 2.35 bits per heavy atom. The average molecular weight is 224 g/mol. The predicted molar refractivity (Wildman–Crippen MR) is 77.2 cm³/mol. The third kappa shape index (κ3) is 2.76. The van der Waals surface area contributed by atoms with Crippen LogP contribution in [0.15, 0.2) is 42.5 Å². The second-order valence-electron chi connectivity index (χ2n) is 5.72. The van der Waals surface area contributed by atoms with Crippen LogP contribution in [0.3, 0.4) is 0 Å². The molecular weight excluding hydrogens is 204 g/mol. The minimum absolute atomic E-state index is 0.226. The number of fused-ring (bicyclic) bond motifs is 1. The third-order valence-electron chi connectivity index (χ3n) is 2.94. The van der Waals surface area contributed by atoms with Crippen LogP contribution in [0.1, 0.15) is 31.9 Å². The summed E-state index contributed by atoms with van der Waals surface area (Å²) in [6.45, 7) is 8.85. The molecule has 0 atom stereocenters. The molecule has 0 aliphatic carbocycles. The van der Waals surface area contributed by atoms with Crippen molar-refractivity contribution in [2.45, 2.75) is 27.7 Å². The average Bonchev–Trinajstić information content (AvgIpc) is 2.26. The molecule has 0 spiro atoms. The Hall–Kier alpha value is -1.56. The fraction of sp³-hybridized carbons (Fsp3) is 0.294. The number of hydrogen-bond donors (Lipinski definition) is 0. The maximum atomic E-state index is 2.28. The molecule has 0 aromatic heterocycles. The van der Waals surface area contributed by atoms with Gasteiger partial charge < -0.3 is 0 Å². The highest BCUT2D eigenvalue weighted by Crippen LogP contribution is 2.25. The number of benzene rings is 2. The van der Waals surface area contributed by atoms with Gasteiger partial charge in [0.25, 0.3) is 0 Å². The predicted octanol–water partition coefficient (Wildman–Crippen LogP) is 5.21. The van der Waals surface area contributed by atoms with Gasteiger partial charge in [0.2, 0.25) is 0 Å². The fourth-order valence-corrected chi connectivity index (χ4v) is 1.96. The molecule has 0 saturated carbocycles. The molecule has 17 heavy (non-hydrogen) atoms. The van der Waals surface area contributed by atoms with E-state index in [-0.39, 0.29) is 5.41 Å². The Kier molecular flexibility index (Phi) is 3.06. The summed E-state index contributed by atoms with van der Waals surface area (Å²) in [6, 6.07) is 13.0. The lowest BCUT2D eigenvalue weighted by Gasteiger charge is -2.13. The lowest BCUT2D eigenvalue weighted by Crippen LogP contribution is -1.98. The van der Waals surface area contributed by atoms with Crippen molar-refractivity contribution in [3.05, 3.63) is 53.6 Å². The molecule has 0 heterocycles. The van der Waals surface area contributed by atoms with Gasteiger partial charge in [-0.25, -0.2) is 0 Å². The molecular formula is C17H20. The summed E-state index contributed by atoms with van der Waals surface area (Å²) >= 11 is 0. The molecule has 0 aliphatic heterocycles. The summed E-state index contributed by atoms with van der Waals surface area (Å²) in [5.41, 5.74) is 2.91. The molecule has 0 N–H and O–H groups in total. The van der Waals surface area contributed by atoms with Crippen molar-refractivity contribution in [1.82, 2.24) is 0 Å². The highest BCUT2D eigenvalue weighted by molar-refractivity contribution is 5.91. The third-order valence-corrected chi connectivity index (χ3v) is 2.94. The molecule has 0 bridgehead atoms. The van der Waals surface area contributed by atoms with Gasteiger partial charge in [0.05, 0.1) is 0 Å². The van der Waals surface area contributed by atoms with Crippen molar-refractivity contribution < 1.29 is 0 Å². The van der Waals surface area contributed by atoms with Gasteiger partial charge in [-0.2, -0.15) is 0 Å². The minimum atomic E-state index is 0.226. The summed E-state index contributed by atoms with van der Waals surface area (Å²) in [5, 5.41) is 2.65. The summed E-state index contributed by atoms with van der Waals surface area (Å²) in [6.07, 6.45) is 4.54. The largest absolute Gasteiger partial charge is 0.0785 e. The highest BCUT2D eigenvalue weighted by Gasteiger charge is 2.06. The van der Waals surface area contributed by atoms with Crippen molar-refractivity contribution in [3.63, 3.8) is 0 Å². The van der Waals surface area contributed by atoms with Crippen molar-refractivity contribution in [2.75, 3.05) is 0 Å². The zero-order valence-electron chi connectivity index (χ0n) is 11.1. The van der Waals surface area contributed by atoms with Gasteiger partial charge in [-0.3, -0.25) is 0 Å². The Morgan fingerprint density at radius 2 is 1.65 bits per heavy atom.